The first-order chi connectivity index (χ1) is 10.3. The summed E-state index contributed by atoms with van der Waals surface area (Å²) < 4.78 is 5.64. The van der Waals surface area contributed by atoms with Crippen LogP contribution in [0.4, 0.5) is 0 Å². The fraction of sp³-hybridized carbons (Fsp3) is 1.00. The molecule has 0 amide bonds. The van der Waals surface area contributed by atoms with Crippen molar-refractivity contribution < 1.29 is 4.74 Å². The Hall–Kier alpha value is -0.160. The smallest absolute Gasteiger partial charge is 0.0472 e. The van der Waals surface area contributed by atoms with E-state index >= 15 is 0 Å². The van der Waals surface area contributed by atoms with Gasteiger partial charge in [-0.25, -0.2) is 0 Å². The average Bonchev–Trinajstić information content (AvgIpc) is 2.96. The third-order valence-corrected chi connectivity index (χ3v) is 5.71. The summed E-state index contributed by atoms with van der Waals surface area (Å²) >= 11 is 0. The van der Waals surface area contributed by atoms with E-state index in [1.165, 1.54) is 71.4 Å². The lowest BCUT2D eigenvalue weighted by Gasteiger charge is -2.45. The number of fused-ring (bicyclic) bond motifs is 1. The summed E-state index contributed by atoms with van der Waals surface area (Å²) in [6, 6.07) is 0.847. The Morgan fingerprint density at radius 2 is 2.05 bits per heavy atom. The van der Waals surface area contributed by atoms with Crippen molar-refractivity contribution in [3.63, 3.8) is 0 Å². The molecule has 1 N–H and O–H groups in total. The van der Waals surface area contributed by atoms with E-state index in [0.717, 1.165) is 25.8 Å². The molecular weight excluding hydrogens is 262 g/mol. The molecule has 4 nitrogen and oxygen atoms in total. The van der Waals surface area contributed by atoms with E-state index in [0.29, 0.717) is 5.41 Å². The molecule has 0 radical (unpaired) electrons. The molecule has 1 unspecified atom stereocenters. The van der Waals surface area contributed by atoms with E-state index < -0.39 is 0 Å². The Balaban J connectivity index is 1.55. The number of hydrogen-bond donors (Lipinski definition) is 1. The predicted octanol–water partition coefficient (Wildman–Crippen LogP) is 1.56. The predicted molar refractivity (Wildman–Crippen MR) is 86.7 cm³/mol. The Labute approximate surface area is 130 Å². The minimum Gasteiger partial charge on any atom is -0.381 e. The summed E-state index contributed by atoms with van der Waals surface area (Å²) in [5.74, 6) is 0. The maximum atomic E-state index is 5.64. The van der Waals surface area contributed by atoms with Gasteiger partial charge in [-0.15, -0.1) is 0 Å². The van der Waals surface area contributed by atoms with Crippen molar-refractivity contribution in [2.24, 2.45) is 5.41 Å². The normalized spacial score (nSPS) is 30.4. The van der Waals surface area contributed by atoms with E-state index in [2.05, 4.69) is 22.0 Å². The molecule has 0 saturated carbocycles. The van der Waals surface area contributed by atoms with Crippen LogP contribution in [0.5, 0.6) is 0 Å². The maximum Gasteiger partial charge on any atom is 0.0472 e. The molecule has 122 valence electrons. The van der Waals surface area contributed by atoms with Crippen LogP contribution in [0.1, 0.15) is 39.0 Å². The quantitative estimate of drug-likeness (QED) is 0.753. The molecule has 0 aromatic rings. The molecule has 3 fully saturated rings. The molecule has 0 bridgehead atoms. The van der Waals surface area contributed by atoms with E-state index in [1.807, 2.05) is 0 Å². The highest BCUT2D eigenvalue weighted by Crippen LogP contribution is 2.32. The first-order valence-corrected chi connectivity index (χ1v) is 9.06. The van der Waals surface area contributed by atoms with Crippen LogP contribution in [-0.4, -0.2) is 74.9 Å². The molecule has 3 saturated heterocycles. The Bertz CT molecular complexity index is 317. The zero-order valence-corrected chi connectivity index (χ0v) is 13.8. The number of hydrogen-bond acceptors (Lipinski definition) is 4. The van der Waals surface area contributed by atoms with Gasteiger partial charge < -0.3 is 10.1 Å². The van der Waals surface area contributed by atoms with Crippen molar-refractivity contribution in [3.05, 3.63) is 0 Å². The third-order valence-electron chi connectivity index (χ3n) is 5.71. The van der Waals surface area contributed by atoms with Crippen LogP contribution in [0.2, 0.25) is 0 Å². The molecule has 0 spiro atoms. The molecule has 3 aliphatic heterocycles. The molecule has 0 aromatic carbocycles. The van der Waals surface area contributed by atoms with Crippen LogP contribution in [0.3, 0.4) is 0 Å². The lowest BCUT2D eigenvalue weighted by atomic mass is 9.79. The van der Waals surface area contributed by atoms with E-state index in [9.17, 15) is 0 Å². The highest BCUT2D eigenvalue weighted by atomic mass is 16.5. The van der Waals surface area contributed by atoms with Crippen LogP contribution in [0.25, 0.3) is 0 Å². The van der Waals surface area contributed by atoms with Gasteiger partial charge in [-0.05, 0) is 50.6 Å². The van der Waals surface area contributed by atoms with Crippen molar-refractivity contribution in [2.45, 2.75) is 45.1 Å². The maximum absolute atomic E-state index is 5.64. The zero-order chi connectivity index (χ0) is 14.5. The fourth-order valence-electron chi connectivity index (χ4n) is 4.40. The van der Waals surface area contributed by atoms with Gasteiger partial charge in [0.1, 0.15) is 0 Å². The highest BCUT2D eigenvalue weighted by molar-refractivity contribution is 4.92. The molecule has 21 heavy (non-hydrogen) atoms. The SMILES string of the molecule is CCCNCC1(CN2CCN3CCCC3C2)CCOCC1. The second-order valence-corrected chi connectivity index (χ2v) is 7.36. The topological polar surface area (TPSA) is 27.7 Å². The standard InChI is InChI=1S/C17H33N3O/c1-2-7-18-14-17(5-11-21-12-6-17)15-19-9-10-20-8-3-4-16(20)13-19/h16,18H,2-15H2,1H3. The lowest BCUT2D eigenvalue weighted by Crippen LogP contribution is -2.55. The van der Waals surface area contributed by atoms with Crippen LogP contribution >= 0.6 is 0 Å². The summed E-state index contributed by atoms with van der Waals surface area (Å²) in [5, 5.41) is 3.69. The lowest BCUT2D eigenvalue weighted by molar-refractivity contribution is -0.0164. The average molecular weight is 295 g/mol. The van der Waals surface area contributed by atoms with Gasteiger partial charge in [-0.2, -0.15) is 0 Å². The number of ether oxygens (including phenoxy) is 1. The van der Waals surface area contributed by atoms with Crippen LogP contribution in [-0.2, 0) is 4.74 Å². The number of nitrogens with one attached hydrogen (secondary N) is 1. The van der Waals surface area contributed by atoms with Crippen LogP contribution in [0.15, 0.2) is 0 Å². The minimum atomic E-state index is 0.453. The van der Waals surface area contributed by atoms with Crippen molar-refractivity contribution >= 4 is 0 Å². The zero-order valence-electron chi connectivity index (χ0n) is 13.8. The Morgan fingerprint density at radius 3 is 2.86 bits per heavy atom. The Morgan fingerprint density at radius 1 is 1.19 bits per heavy atom. The molecular formula is C17H33N3O. The third kappa shape index (κ3) is 3.98. The van der Waals surface area contributed by atoms with Gasteiger partial charge in [0.05, 0.1) is 0 Å². The summed E-state index contributed by atoms with van der Waals surface area (Å²) in [4.78, 5) is 5.47. The first-order valence-electron chi connectivity index (χ1n) is 9.06. The van der Waals surface area contributed by atoms with Crippen LogP contribution in [0, 0.1) is 5.41 Å². The van der Waals surface area contributed by atoms with Crippen molar-refractivity contribution in [1.29, 1.82) is 0 Å². The van der Waals surface area contributed by atoms with Gasteiger partial charge in [0.2, 0.25) is 0 Å². The molecule has 1 atom stereocenters. The highest BCUT2D eigenvalue weighted by Gasteiger charge is 2.37. The Kier molecular flexibility index (Phi) is 5.54. The first kappa shape index (κ1) is 15.7. The summed E-state index contributed by atoms with van der Waals surface area (Å²) in [5.41, 5.74) is 0.453. The summed E-state index contributed by atoms with van der Waals surface area (Å²) in [7, 11) is 0. The second-order valence-electron chi connectivity index (χ2n) is 7.36. The van der Waals surface area contributed by atoms with E-state index in [-0.39, 0.29) is 0 Å². The van der Waals surface area contributed by atoms with Gasteiger partial charge in [-0.3, -0.25) is 9.80 Å². The van der Waals surface area contributed by atoms with Crippen LogP contribution < -0.4 is 5.32 Å². The second kappa shape index (κ2) is 7.40. The van der Waals surface area contributed by atoms with Gasteiger partial charge in [-0.1, -0.05) is 6.92 Å². The van der Waals surface area contributed by atoms with Crippen molar-refractivity contribution in [1.82, 2.24) is 15.1 Å². The number of rotatable bonds is 6. The van der Waals surface area contributed by atoms with Crippen molar-refractivity contribution in [2.75, 3.05) is 59.0 Å². The number of nitrogens with zero attached hydrogens (tertiary/aromatic N) is 2. The van der Waals surface area contributed by atoms with Gasteiger partial charge >= 0.3 is 0 Å². The number of piperazine rings is 1. The van der Waals surface area contributed by atoms with Gasteiger partial charge in [0.25, 0.3) is 0 Å². The largest absolute Gasteiger partial charge is 0.381 e. The fourth-order valence-corrected chi connectivity index (χ4v) is 4.40. The molecule has 0 aromatic heterocycles. The minimum absolute atomic E-state index is 0.453. The molecule has 0 aliphatic carbocycles. The van der Waals surface area contributed by atoms with E-state index in [1.54, 1.807) is 0 Å². The van der Waals surface area contributed by atoms with Gasteiger partial charge in [0, 0.05) is 52.0 Å². The van der Waals surface area contributed by atoms with Crippen molar-refractivity contribution in [3.8, 4) is 0 Å². The molecule has 4 heteroatoms. The summed E-state index contributed by atoms with van der Waals surface area (Å²) in [6.07, 6.45) is 6.52. The molecule has 3 rings (SSSR count). The van der Waals surface area contributed by atoms with Gasteiger partial charge in [0.15, 0.2) is 0 Å². The van der Waals surface area contributed by atoms with E-state index in [4.69, 9.17) is 4.74 Å². The summed E-state index contributed by atoms with van der Waals surface area (Å²) in [6.45, 7) is 13.0. The molecule has 3 heterocycles. The monoisotopic (exact) mass is 295 g/mol. The molecule has 3 aliphatic rings.